The van der Waals surface area contributed by atoms with Crippen LogP contribution in [-0.2, 0) is 57.9 Å². The van der Waals surface area contributed by atoms with Crippen molar-refractivity contribution in [1.29, 1.82) is 0 Å². The zero-order valence-electron chi connectivity index (χ0n) is 39.4. The lowest BCUT2D eigenvalue weighted by Gasteiger charge is -2.25. The number of alkyl carbamates (subject to hydrolysis) is 1. The van der Waals surface area contributed by atoms with Crippen LogP contribution in [0.25, 0.3) is 0 Å². The summed E-state index contributed by atoms with van der Waals surface area (Å²) in [4.78, 5) is 79.8. The highest BCUT2D eigenvalue weighted by Gasteiger charge is 2.30. The summed E-state index contributed by atoms with van der Waals surface area (Å²) in [5.74, 6) is -2.02. The van der Waals surface area contributed by atoms with Gasteiger partial charge in [0.05, 0.1) is 20.3 Å². The zero-order chi connectivity index (χ0) is 47.8. The Labute approximate surface area is 391 Å². The fraction of sp³-hybridized carbons (Fsp3) is 0.529. The van der Waals surface area contributed by atoms with Crippen molar-refractivity contribution in [3.63, 3.8) is 0 Å². The number of unbranched alkanes of at least 4 members (excludes halogenated alkanes) is 8. The topological polar surface area (TPSA) is 191 Å². The number of esters is 1. The molecular weight excluding hydrogens is 843 g/mol. The molecule has 0 aliphatic rings. The number of carbonyl (C=O) groups is 6. The van der Waals surface area contributed by atoms with E-state index >= 15 is 0 Å². The van der Waals surface area contributed by atoms with Gasteiger partial charge in [0.2, 0.25) is 17.7 Å². The van der Waals surface area contributed by atoms with Crippen molar-refractivity contribution >= 4 is 35.9 Å². The van der Waals surface area contributed by atoms with Gasteiger partial charge < -0.3 is 45.1 Å². The molecule has 0 fully saturated rings. The van der Waals surface area contributed by atoms with Crippen molar-refractivity contribution in [2.45, 2.75) is 135 Å². The van der Waals surface area contributed by atoms with Gasteiger partial charge in [-0.2, -0.15) is 0 Å². The molecule has 3 aromatic rings. The molecule has 15 heteroatoms. The van der Waals surface area contributed by atoms with Crippen LogP contribution in [0.4, 0.5) is 9.59 Å². The zero-order valence-corrected chi connectivity index (χ0v) is 39.4. The van der Waals surface area contributed by atoms with Crippen molar-refractivity contribution in [2.24, 2.45) is 5.92 Å². The van der Waals surface area contributed by atoms with Crippen LogP contribution in [0.2, 0.25) is 0 Å². The van der Waals surface area contributed by atoms with Gasteiger partial charge in [-0.05, 0) is 61.1 Å². The summed E-state index contributed by atoms with van der Waals surface area (Å²) in [5, 5.41) is 11.1. The Morgan fingerprint density at radius 3 is 1.67 bits per heavy atom. The highest BCUT2D eigenvalue weighted by molar-refractivity contribution is 5.93. The predicted molar refractivity (Wildman–Crippen MR) is 253 cm³/mol. The molecular formula is C51H73N5O10. The summed E-state index contributed by atoms with van der Waals surface area (Å²) in [6, 6.07) is 25.2. The summed E-state index contributed by atoms with van der Waals surface area (Å²) in [5.41, 5.74) is 2.70. The molecule has 0 spiro atoms. The van der Waals surface area contributed by atoms with E-state index in [4.69, 9.17) is 18.9 Å². The van der Waals surface area contributed by atoms with Crippen molar-refractivity contribution in [1.82, 2.24) is 26.2 Å². The first kappa shape index (κ1) is 54.4. The third-order valence-corrected chi connectivity index (χ3v) is 10.8. The van der Waals surface area contributed by atoms with Gasteiger partial charge in [-0.15, -0.1) is 0 Å². The van der Waals surface area contributed by atoms with E-state index in [0.29, 0.717) is 32.2 Å². The Hall–Kier alpha value is -5.96. The molecule has 4 N–H and O–H groups in total. The van der Waals surface area contributed by atoms with Crippen LogP contribution >= 0.6 is 0 Å². The second kappa shape index (κ2) is 32.7. The van der Waals surface area contributed by atoms with Crippen LogP contribution in [0, 0.1) is 5.92 Å². The van der Waals surface area contributed by atoms with E-state index in [1.54, 1.807) is 11.9 Å². The molecule has 0 saturated carbocycles. The van der Waals surface area contributed by atoms with Crippen molar-refractivity contribution in [2.75, 3.05) is 33.9 Å². The standard InChI is InChI=1S/C51H73N5O10/c1-39(2)34-44(49(60)63-4)55-47(58)43(30-21-22-32-52-50(61)65-36-41-26-16-12-17-27-41)54-48(59)45(38-64-35-40-24-14-11-15-25-40)53-46(57)31-20-9-7-5-6-8-10-23-33-56(3)51(62)66-37-42-28-18-13-19-29-42/h11-19,24-29,39,43-45H,5-10,20-23,30-38H2,1-4H3,(H,52,61)(H,53,57)(H,54,59)(H,55,58)/t43-,44-,45-/m0/s1. The minimum Gasteiger partial charge on any atom is -0.467 e. The van der Waals surface area contributed by atoms with Gasteiger partial charge in [-0.25, -0.2) is 14.4 Å². The first-order chi connectivity index (χ1) is 31.9. The molecule has 15 nitrogen and oxygen atoms in total. The number of ether oxygens (including phenoxy) is 4. The summed E-state index contributed by atoms with van der Waals surface area (Å²) < 4.78 is 21.5. The Morgan fingerprint density at radius 1 is 0.576 bits per heavy atom. The molecule has 362 valence electrons. The summed E-state index contributed by atoms with van der Waals surface area (Å²) >= 11 is 0. The predicted octanol–water partition coefficient (Wildman–Crippen LogP) is 7.75. The number of benzene rings is 3. The van der Waals surface area contributed by atoms with E-state index < -0.39 is 42.0 Å². The highest BCUT2D eigenvalue weighted by atomic mass is 16.6. The summed E-state index contributed by atoms with van der Waals surface area (Å²) in [6.07, 6.45) is 8.21. The number of carbonyl (C=O) groups excluding carboxylic acids is 6. The molecule has 0 unspecified atom stereocenters. The van der Waals surface area contributed by atoms with Crippen LogP contribution in [-0.4, -0.2) is 92.8 Å². The molecule has 0 heterocycles. The van der Waals surface area contributed by atoms with E-state index in [2.05, 4.69) is 21.3 Å². The lowest BCUT2D eigenvalue weighted by atomic mass is 10.0. The van der Waals surface area contributed by atoms with Crippen LogP contribution in [0.15, 0.2) is 91.0 Å². The van der Waals surface area contributed by atoms with Gasteiger partial charge in [-0.3, -0.25) is 14.4 Å². The smallest absolute Gasteiger partial charge is 0.409 e. The quantitative estimate of drug-likeness (QED) is 0.0274. The average molecular weight is 916 g/mol. The lowest BCUT2D eigenvalue weighted by Crippen LogP contribution is -2.57. The van der Waals surface area contributed by atoms with Gasteiger partial charge in [0.25, 0.3) is 0 Å². The molecule has 0 bridgehead atoms. The Balaban J connectivity index is 1.49. The molecule has 3 rings (SSSR count). The van der Waals surface area contributed by atoms with Crippen molar-refractivity contribution in [3.8, 4) is 0 Å². The van der Waals surface area contributed by atoms with E-state index in [9.17, 15) is 28.8 Å². The SMILES string of the molecule is COC(=O)[C@H](CC(C)C)NC(=O)[C@H](CCCCNC(=O)OCc1ccccc1)NC(=O)[C@H](COCc1ccccc1)NC(=O)CCCCCCCCCCN(C)C(=O)OCc1ccccc1. The molecule has 5 amide bonds. The maximum Gasteiger partial charge on any atom is 0.409 e. The average Bonchev–Trinajstić information content (AvgIpc) is 3.32. The largest absolute Gasteiger partial charge is 0.467 e. The molecule has 0 aromatic heterocycles. The molecule has 0 aliphatic heterocycles. The summed E-state index contributed by atoms with van der Waals surface area (Å²) in [6.45, 7) is 5.19. The van der Waals surface area contributed by atoms with Crippen LogP contribution < -0.4 is 21.3 Å². The van der Waals surface area contributed by atoms with Crippen molar-refractivity contribution < 1.29 is 47.7 Å². The fourth-order valence-corrected chi connectivity index (χ4v) is 7.01. The molecule has 0 radical (unpaired) electrons. The Morgan fingerprint density at radius 2 is 1.09 bits per heavy atom. The molecule has 66 heavy (non-hydrogen) atoms. The minimum atomic E-state index is -1.10. The van der Waals surface area contributed by atoms with E-state index in [1.165, 1.54) is 7.11 Å². The first-order valence-corrected chi connectivity index (χ1v) is 23.4. The monoisotopic (exact) mass is 916 g/mol. The third kappa shape index (κ3) is 23.8. The van der Waals surface area contributed by atoms with Crippen LogP contribution in [0.3, 0.4) is 0 Å². The maximum atomic E-state index is 14.0. The van der Waals surface area contributed by atoms with Crippen LogP contribution in [0.1, 0.15) is 114 Å². The second-order valence-electron chi connectivity index (χ2n) is 16.9. The second-order valence-corrected chi connectivity index (χ2v) is 16.9. The lowest BCUT2D eigenvalue weighted by molar-refractivity contribution is -0.146. The van der Waals surface area contributed by atoms with Crippen LogP contribution in [0.5, 0.6) is 0 Å². The number of rotatable bonds is 32. The van der Waals surface area contributed by atoms with Gasteiger partial charge in [0.15, 0.2) is 0 Å². The maximum absolute atomic E-state index is 14.0. The van der Waals surface area contributed by atoms with Crippen molar-refractivity contribution in [3.05, 3.63) is 108 Å². The fourth-order valence-electron chi connectivity index (χ4n) is 7.01. The van der Waals surface area contributed by atoms with E-state index in [1.807, 2.05) is 105 Å². The number of nitrogens with one attached hydrogen (secondary N) is 4. The van der Waals surface area contributed by atoms with Gasteiger partial charge in [0.1, 0.15) is 31.3 Å². The highest BCUT2D eigenvalue weighted by Crippen LogP contribution is 2.13. The van der Waals surface area contributed by atoms with Gasteiger partial charge in [0, 0.05) is 26.6 Å². The molecule has 3 atom stereocenters. The minimum absolute atomic E-state index is 0.0603. The normalized spacial score (nSPS) is 12.3. The molecule has 0 saturated heterocycles. The number of hydrogen-bond donors (Lipinski definition) is 4. The Bertz CT molecular complexity index is 1850. The number of nitrogens with zero attached hydrogens (tertiary/aromatic N) is 1. The van der Waals surface area contributed by atoms with E-state index in [-0.39, 0.29) is 63.7 Å². The Kier molecular flexibility index (Phi) is 26.9. The number of methoxy groups -OCH3 is 1. The van der Waals surface area contributed by atoms with E-state index in [0.717, 1.165) is 61.6 Å². The first-order valence-electron chi connectivity index (χ1n) is 23.4. The summed E-state index contributed by atoms with van der Waals surface area (Å²) in [7, 11) is 3.00. The third-order valence-electron chi connectivity index (χ3n) is 10.8. The molecule has 0 aliphatic carbocycles. The van der Waals surface area contributed by atoms with Gasteiger partial charge >= 0.3 is 18.2 Å². The molecule has 3 aromatic carbocycles. The van der Waals surface area contributed by atoms with Gasteiger partial charge in [-0.1, -0.05) is 143 Å². The number of amides is 5. The number of hydrogen-bond acceptors (Lipinski definition) is 10.